The molecule has 0 spiro atoms. The van der Waals surface area contributed by atoms with Crippen LogP contribution in [0.4, 0.5) is 13.2 Å². The molecule has 80 valence electrons. The molecular weight excluding hydrogens is 185 g/mol. The van der Waals surface area contributed by atoms with E-state index in [9.17, 15) is 13.2 Å². The highest BCUT2D eigenvalue weighted by atomic mass is 19.4. The van der Waals surface area contributed by atoms with Gasteiger partial charge in [-0.1, -0.05) is 0 Å². The molecule has 3 nitrogen and oxygen atoms in total. The van der Waals surface area contributed by atoms with E-state index in [4.69, 9.17) is 10.6 Å². The first-order chi connectivity index (χ1) is 5.99. The van der Waals surface area contributed by atoms with Gasteiger partial charge in [0.25, 0.3) is 0 Å². The third-order valence-electron chi connectivity index (χ3n) is 1.54. The van der Waals surface area contributed by atoms with Crippen LogP contribution in [0.3, 0.4) is 0 Å². The molecule has 0 radical (unpaired) electrons. The van der Waals surface area contributed by atoms with Gasteiger partial charge in [0.1, 0.15) is 0 Å². The summed E-state index contributed by atoms with van der Waals surface area (Å²) in [5, 5.41) is 0. The summed E-state index contributed by atoms with van der Waals surface area (Å²) in [5.41, 5.74) is 2.28. The Morgan fingerprint density at radius 2 is 2.08 bits per heavy atom. The van der Waals surface area contributed by atoms with Crippen molar-refractivity contribution in [1.82, 2.24) is 5.43 Å². The summed E-state index contributed by atoms with van der Waals surface area (Å²) in [6.07, 6.45) is -5.02. The third-order valence-corrected chi connectivity index (χ3v) is 1.54. The summed E-state index contributed by atoms with van der Waals surface area (Å²) in [7, 11) is 0. The quantitative estimate of drug-likeness (QED) is 0.500. The Kier molecular flexibility index (Phi) is 6.02. The van der Waals surface area contributed by atoms with Gasteiger partial charge in [0.05, 0.1) is 6.61 Å². The van der Waals surface area contributed by atoms with Gasteiger partial charge >= 0.3 is 6.18 Å². The molecule has 0 aromatic heterocycles. The van der Waals surface area contributed by atoms with Crippen LogP contribution in [-0.4, -0.2) is 25.4 Å². The average Bonchev–Trinajstić information content (AvgIpc) is 2.03. The lowest BCUT2D eigenvalue weighted by Crippen LogP contribution is -2.39. The van der Waals surface area contributed by atoms with Crippen LogP contribution in [-0.2, 0) is 4.74 Å². The van der Waals surface area contributed by atoms with E-state index in [1.54, 1.807) is 6.92 Å². The van der Waals surface area contributed by atoms with Crippen LogP contribution in [0.15, 0.2) is 0 Å². The third kappa shape index (κ3) is 8.01. The number of nitrogens with two attached hydrogens (primary N) is 1. The molecule has 0 fully saturated rings. The molecule has 0 rings (SSSR count). The van der Waals surface area contributed by atoms with Gasteiger partial charge < -0.3 is 4.74 Å². The first kappa shape index (κ1) is 12.7. The van der Waals surface area contributed by atoms with Crippen molar-refractivity contribution in [2.75, 3.05) is 13.2 Å². The summed E-state index contributed by atoms with van der Waals surface area (Å²) in [6.45, 7) is 2.46. The highest BCUT2D eigenvalue weighted by molar-refractivity contribution is 4.65. The minimum absolute atomic E-state index is 0.0556. The van der Waals surface area contributed by atoms with Gasteiger partial charge in [-0.2, -0.15) is 13.2 Å². The lowest BCUT2D eigenvalue weighted by Gasteiger charge is -2.16. The molecule has 0 aromatic carbocycles. The largest absolute Gasteiger partial charge is 0.389 e. The van der Waals surface area contributed by atoms with Crippen LogP contribution in [0.1, 0.15) is 19.8 Å². The van der Waals surface area contributed by atoms with Gasteiger partial charge in [0, 0.05) is 19.1 Å². The summed E-state index contributed by atoms with van der Waals surface area (Å²) in [5.74, 6) is 5.05. The number of rotatable bonds is 6. The van der Waals surface area contributed by atoms with Crippen LogP contribution in [0.2, 0.25) is 0 Å². The Morgan fingerprint density at radius 3 is 2.46 bits per heavy atom. The molecule has 1 atom stereocenters. The molecule has 0 bridgehead atoms. The number of nitrogens with one attached hydrogen (secondary N) is 1. The smallest absolute Gasteiger partial charge is 0.380 e. The summed E-state index contributed by atoms with van der Waals surface area (Å²) < 4.78 is 40.2. The second kappa shape index (κ2) is 6.17. The summed E-state index contributed by atoms with van der Waals surface area (Å²) in [4.78, 5) is 0. The van der Waals surface area contributed by atoms with Gasteiger partial charge in [-0.15, -0.1) is 0 Å². The van der Waals surface area contributed by atoms with Crippen LogP contribution in [0.5, 0.6) is 0 Å². The fraction of sp³-hybridized carbons (Fsp3) is 1.00. The molecule has 0 aromatic rings. The molecular formula is C7H15F3N2O. The van der Waals surface area contributed by atoms with Crippen molar-refractivity contribution in [1.29, 1.82) is 0 Å². The van der Waals surface area contributed by atoms with Crippen LogP contribution in [0, 0.1) is 0 Å². The van der Waals surface area contributed by atoms with E-state index in [-0.39, 0.29) is 13.0 Å². The van der Waals surface area contributed by atoms with E-state index in [0.717, 1.165) is 0 Å². The van der Waals surface area contributed by atoms with E-state index in [0.29, 0.717) is 6.61 Å². The Hall–Kier alpha value is -0.330. The summed E-state index contributed by atoms with van der Waals surface area (Å²) >= 11 is 0. The van der Waals surface area contributed by atoms with Gasteiger partial charge in [0.15, 0.2) is 0 Å². The predicted molar refractivity (Wildman–Crippen MR) is 42.9 cm³/mol. The van der Waals surface area contributed by atoms with Gasteiger partial charge in [-0.3, -0.25) is 11.3 Å². The zero-order valence-corrected chi connectivity index (χ0v) is 7.53. The zero-order valence-electron chi connectivity index (χ0n) is 7.53. The first-order valence-corrected chi connectivity index (χ1v) is 4.10. The van der Waals surface area contributed by atoms with Crippen LogP contribution >= 0.6 is 0 Å². The molecule has 0 saturated carbocycles. The van der Waals surface area contributed by atoms with Gasteiger partial charge in [0.2, 0.25) is 0 Å². The number of hydrogen-bond acceptors (Lipinski definition) is 3. The molecule has 0 aliphatic carbocycles. The average molecular weight is 200 g/mol. The highest BCUT2D eigenvalue weighted by Gasteiger charge is 2.27. The Labute approximate surface area is 75.4 Å². The SMILES string of the molecule is CCOCC(CCC(F)(F)F)NN. The number of ether oxygens (including phenoxy) is 1. The van der Waals surface area contributed by atoms with Crippen molar-refractivity contribution in [2.24, 2.45) is 5.84 Å². The monoisotopic (exact) mass is 200 g/mol. The summed E-state index contributed by atoms with van der Waals surface area (Å²) in [6, 6.07) is -0.429. The molecule has 13 heavy (non-hydrogen) atoms. The van der Waals surface area contributed by atoms with Crippen LogP contribution in [0.25, 0.3) is 0 Å². The van der Waals surface area contributed by atoms with E-state index < -0.39 is 18.6 Å². The second-order valence-electron chi connectivity index (χ2n) is 2.68. The Balaban J connectivity index is 3.59. The topological polar surface area (TPSA) is 47.3 Å². The van der Waals surface area contributed by atoms with Crippen molar-refractivity contribution < 1.29 is 17.9 Å². The molecule has 0 aliphatic heterocycles. The van der Waals surface area contributed by atoms with E-state index in [1.165, 1.54) is 0 Å². The predicted octanol–water partition coefficient (Wildman–Crippen LogP) is 1.20. The maximum atomic E-state index is 11.8. The number of halogens is 3. The maximum absolute atomic E-state index is 11.8. The number of hydrazine groups is 1. The standard InChI is InChI=1S/C7H15F3N2O/c1-2-13-5-6(12-11)3-4-7(8,9)10/h6,12H,2-5,11H2,1H3. The molecule has 1 unspecified atom stereocenters. The molecule has 0 aliphatic rings. The fourth-order valence-corrected chi connectivity index (χ4v) is 0.813. The maximum Gasteiger partial charge on any atom is 0.389 e. The van der Waals surface area contributed by atoms with Crippen molar-refractivity contribution in [3.8, 4) is 0 Å². The molecule has 6 heteroatoms. The van der Waals surface area contributed by atoms with Gasteiger partial charge in [-0.05, 0) is 13.3 Å². The zero-order chi connectivity index (χ0) is 10.3. The molecule has 0 amide bonds. The van der Waals surface area contributed by atoms with E-state index in [2.05, 4.69) is 5.43 Å². The molecule has 3 N–H and O–H groups in total. The van der Waals surface area contributed by atoms with E-state index in [1.807, 2.05) is 0 Å². The molecule has 0 heterocycles. The normalized spacial score (nSPS) is 14.5. The van der Waals surface area contributed by atoms with Crippen molar-refractivity contribution in [3.63, 3.8) is 0 Å². The fourth-order valence-electron chi connectivity index (χ4n) is 0.813. The second-order valence-corrected chi connectivity index (χ2v) is 2.68. The minimum Gasteiger partial charge on any atom is -0.380 e. The highest BCUT2D eigenvalue weighted by Crippen LogP contribution is 2.22. The Morgan fingerprint density at radius 1 is 1.46 bits per heavy atom. The number of hydrogen-bond donors (Lipinski definition) is 2. The first-order valence-electron chi connectivity index (χ1n) is 4.10. The minimum atomic E-state index is -4.12. The van der Waals surface area contributed by atoms with Crippen molar-refractivity contribution in [3.05, 3.63) is 0 Å². The van der Waals surface area contributed by atoms with Crippen molar-refractivity contribution in [2.45, 2.75) is 32.0 Å². The lowest BCUT2D eigenvalue weighted by molar-refractivity contribution is -0.137. The number of alkyl halides is 3. The van der Waals surface area contributed by atoms with Crippen molar-refractivity contribution >= 4 is 0 Å². The molecule has 0 saturated heterocycles. The Bertz CT molecular complexity index is 129. The van der Waals surface area contributed by atoms with E-state index >= 15 is 0 Å². The van der Waals surface area contributed by atoms with Gasteiger partial charge in [-0.25, -0.2) is 0 Å². The van der Waals surface area contributed by atoms with Crippen LogP contribution < -0.4 is 11.3 Å². The lowest BCUT2D eigenvalue weighted by atomic mass is 10.2.